The highest BCUT2D eigenvalue weighted by atomic mass is 16.5. The maximum atomic E-state index is 11.8. The number of aromatic amines is 1. The Morgan fingerprint density at radius 2 is 2.17 bits per heavy atom. The van der Waals surface area contributed by atoms with E-state index in [0.717, 1.165) is 6.20 Å². The third kappa shape index (κ3) is 2.54. The van der Waals surface area contributed by atoms with Crippen LogP contribution in [0.2, 0.25) is 0 Å². The van der Waals surface area contributed by atoms with Crippen LogP contribution in [0.5, 0.6) is 5.75 Å². The van der Waals surface area contributed by atoms with Crippen molar-refractivity contribution in [2.75, 3.05) is 12.4 Å². The summed E-state index contributed by atoms with van der Waals surface area (Å²) >= 11 is 0. The summed E-state index contributed by atoms with van der Waals surface area (Å²) in [5.41, 5.74) is 0.308. The smallest absolute Gasteiger partial charge is 0.275 e. The molecule has 0 atom stereocenters. The lowest BCUT2D eigenvalue weighted by molar-refractivity contribution is 0.102. The Morgan fingerprint density at radius 3 is 2.83 bits per heavy atom. The average Bonchev–Trinajstić information content (AvgIpc) is 2.40. The molecule has 0 bridgehead atoms. The number of nitrogens with one attached hydrogen (secondary N) is 2. The van der Waals surface area contributed by atoms with E-state index in [4.69, 9.17) is 4.74 Å². The van der Waals surface area contributed by atoms with Crippen molar-refractivity contribution in [2.45, 2.75) is 0 Å². The fourth-order valence-electron chi connectivity index (χ4n) is 1.40. The number of aromatic nitrogens is 2. The van der Waals surface area contributed by atoms with Crippen LogP contribution in [0, 0.1) is 0 Å². The second-order valence-corrected chi connectivity index (χ2v) is 3.45. The summed E-state index contributed by atoms with van der Waals surface area (Å²) in [4.78, 5) is 28.8. The molecular weight excluding hydrogens is 234 g/mol. The number of methoxy groups -OCH3 is 1. The summed E-state index contributed by atoms with van der Waals surface area (Å²) in [7, 11) is 1.52. The molecule has 0 saturated carbocycles. The number of para-hydroxylation sites is 2. The minimum atomic E-state index is -0.421. The number of benzene rings is 1. The van der Waals surface area contributed by atoms with E-state index >= 15 is 0 Å². The van der Waals surface area contributed by atoms with E-state index in [1.807, 2.05) is 0 Å². The fourth-order valence-corrected chi connectivity index (χ4v) is 1.40. The SMILES string of the molecule is COc1ccccc1NC(=O)c1c[nH]c(=O)cn1. The number of carbonyl (C=O) groups is 1. The molecule has 6 heteroatoms. The maximum Gasteiger partial charge on any atom is 0.275 e. The van der Waals surface area contributed by atoms with Gasteiger partial charge in [-0.1, -0.05) is 12.1 Å². The van der Waals surface area contributed by atoms with Gasteiger partial charge in [-0.15, -0.1) is 0 Å². The van der Waals surface area contributed by atoms with E-state index < -0.39 is 5.91 Å². The van der Waals surface area contributed by atoms with Crippen LogP contribution in [-0.2, 0) is 0 Å². The molecule has 6 nitrogen and oxygen atoms in total. The second-order valence-electron chi connectivity index (χ2n) is 3.45. The van der Waals surface area contributed by atoms with Gasteiger partial charge in [-0.3, -0.25) is 9.59 Å². The lowest BCUT2D eigenvalue weighted by atomic mass is 10.3. The molecule has 2 aromatic rings. The highest BCUT2D eigenvalue weighted by Gasteiger charge is 2.10. The molecule has 1 heterocycles. The Labute approximate surface area is 103 Å². The van der Waals surface area contributed by atoms with Crippen molar-refractivity contribution in [3.05, 3.63) is 52.7 Å². The summed E-state index contributed by atoms with van der Waals surface area (Å²) < 4.78 is 5.11. The number of ether oxygens (including phenoxy) is 1. The Hall–Kier alpha value is -2.63. The van der Waals surface area contributed by atoms with E-state index in [-0.39, 0.29) is 11.3 Å². The van der Waals surface area contributed by atoms with Gasteiger partial charge in [0.2, 0.25) is 0 Å². The number of H-pyrrole nitrogens is 1. The quantitative estimate of drug-likeness (QED) is 0.845. The van der Waals surface area contributed by atoms with E-state index in [1.54, 1.807) is 24.3 Å². The summed E-state index contributed by atoms with van der Waals surface area (Å²) in [6, 6.07) is 7.02. The lowest BCUT2D eigenvalue weighted by Gasteiger charge is -2.08. The van der Waals surface area contributed by atoms with Gasteiger partial charge in [0.1, 0.15) is 11.4 Å². The summed E-state index contributed by atoms with van der Waals surface area (Å²) in [5, 5.41) is 2.65. The maximum absolute atomic E-state index is 11.8. The number of rotatable bonds is 3. The molecule has 2 N–H and O–H groups in total. The van der Waals surface area contributed by atoms with Crippen LogP contribution in [0.15, 0.2) is 41.5 Å². The zero-order valence-electron chi connectivity index (χ0n) is 9.64. The molecule has 0 saturated heterocycles. The van der Waals surface area contributed by atoms with Crippen molar-refractivity contribution in [3.63, 3.8) is 0 Å². The van der Waals surface area contributed by atoms with Crippen molar-refractivity contribution in [1.29, 1.82) is 0 Å². The van der Waals surface area contributed by atoms with Gasteiger partial charge in [-0.25, -0.2) is 4.98 Å². The summed E-state index contributed by atoms with van der Waals surface area (Å²) in [6.07, 6.45) is 2.31. The molecule has 0 radical (unpaired) electrons. The van der Waals surface area contributed by atoms with Gasteiger partial charge in [0.15, 0.2) is 0 Å². The topological polar surface area (TPSA) is 84.1 Å². The van der Waals surface area contributed by atoms with Crippen molar-refractivity contribution >= 4 is 11.6 Å². The molecule has 1 aromatic carbocycles. The van der Waals surface area contributed by atoms with Crippen molar-refractivity contribution in [2.24, 2.45) is 0 Å². The fraction of sp³-hybridized carbons (Fsp3) is 0.0833. The third-order valence-electron chi connectivity index (χ3n) is 2.26. The highest BCUT2D eigenvalue weighted by molar-refractivity contribution is 6.03. The Bertz CT molecular complexity index is 601. The van der Waals surface area contributed by atoms with Crippen LogP contribution in [0.25, 0.3) is 0 Å². The molecule has 2 rings (SSSR count). The zero-order valence-corrected chi connectivity index (χ0v) is 9.64. The largest absolute Gasteiger partial charge is 0.495 e. The Morgan fingerprint density at radius 1 is 1.39 bits per heavy atom. The van der Waals surface area contributed by atoms with Gasteiger partial charge in [0.25, 0.3) is 11.5 Å². The molecule has 0 aliphatic rings. The predicted molar refractivity (Wildman–Crippen MR) is 65.8 cm³/mol. The predicted octanol–water partition coefficient (Wildman–Crippen LogP) is 1.03. The molecule has 0 aliphatic heterocycles. The first-order valence-corrected chi connectivity index (χ1v) is 5.20. The van der Waals surface area contributed by atoms with Gasteiger partial charge < -0.3 is 15.0 Å². The number of anilines is 1. The normalized spacial score (nSPS) is 9.83. The average molecular weight is 245 g/mol. The zero-order chi connectivity index (χ0) is 13.0. The van der Waals surface area contributed by atoms with E-state index in [1.165, 1.54) is 13.3 Å². The molecule has 1 amide bonds. The highest BCUT2D eigenvalue weighted by Crippen LogP contribution is 2.23. The molecule has 0 unspecified atom stereocenters. The molecule has 0 spiro atoms. The number of hydrogen-bond donors (Lipinski definition) is 2. The summed E-state index contributed by atoms with van der Waals surface area (Å²) in [5.74, 6) is 0.131. The van der Waals surface area contributed by atoms with Crippen molar-refractivity contribution in [1.82, 2.24) is 9.97 Å². The monoisotopic (exact) mass is 245 g/mol. The molecule has 92 valence electrons. The third-order valence-corrected chi connectivity index (χ3v) is 2.26. The van der Waals surface area contributed by atoms with Crippen LogP contribution < -0.4 is 15.6 Å². The molecule has 0 aliphatic carbocycles. The van der Waals surface area contributed by atoms with Gasteiger partial charge >= 0.3 is 0 Å². The van der Waals surface area contributed by atoms with Gasteiger partial charge in [0, 0.05) is 6.20 Å². The van der Waals surface area contributed by atoms with Crippen LogP contribution in [0.1, 0.15) is 10.5 Å². The van der Waals surface area contributed by atoms with Crippen molar-refractivity contribution in [3.8, 4) is 5.75 Å². The number of amides is 1. The van der Waals surface area contributed by atoms with Gasteiger partial charge in [-0.2, -0.15) is 0 Å². The van der Waals surface area contributed by atoms with E-state index in [9.17, 15) is 9.59 Å². The molecule has 1 aromatic heterocycles. The minimum absolute atomic E-state index is 0.125. The molecular formula is C12H11N3O3. The second kappa shape index (κ2) is 5.13. The first-order valence-electron chi connectivity index (χ1n) is 5.20. The Balaban J connectivity index is 2.21. The lowest BCUT2D eigenvalue weighted by Crippen LogP contribution is -2.17. The van der Waals surface area contributed by atoms with Crippen LogP contribution in [0.3, 0.4) is 0 Å². The Kier molecular flexibility index (Phi) is 3.38. The van der Waals surface area contributed by atoms with Crippen LogP contribution in [-0.4, -0.2) is 23.0 Å². The first kappa shape index (κ1) is 11.8. The number of hydrogen-bond acceptors (Lipinski definition) is 4. The van der Waals surface area contributed by atoms with Gasteiger partial charge in [-0.05, 0) is 12.1 Å². The molecule has 0 fully saturated rings. The standard InChI is InChI=1S/C12H11N3O3/c1-18-10-5-3-2-4-8(10)15-12(17)9-6-14-11(16)7-13-9/h2-7H,1H3,(H,14,16)(H,15,17). The van der Waals surface area contributed by atoms with E-state index in [2.05, 4.69) is 15.3 Å². The minimum Gasteiger partial charge on any atom is -0.495 e. The number of nitrogens with zero attached hydrogens (tertiary/aromatic N) is 1. The van der Waals surface area contributed by atoms with Crippen molar-refractivity contribution < 1.29 is 9.53 Å². The first-order chi connectivity index (χ1) is 8.70. The number of carbonyl (C=O) groups excluding carboxylic acids is 1. The van der Waals surface area contributed by atoms with Gasteiger partial charge in [0.05, 0.1) is 19.0 Å². The van der Waals surface area contributed by atoms with Crippen LogP contribution in [0.4, 0.5) is 5.69 Å². The summed E-state index contributed by atoms with van der Waals surface area (Å²) in [6.45, 7) is 0. The van der Waals surface area contributed by atoms with Crippen LogP contribution >= 0.6 is 0 Å². The van der Waals surface area contributed by atoms with E-state index in [0.29, 0.717) is 11.4 Å². The molecule has 18 heavy (non-hydrogen) atoms.